The average molecular weight is 505 g/mol. The van der Waals surface area contributed by atoms with E-state index < -0.39 is 21.7 Å². The van der Waals surface area contributed by atoms with Gasteiger partial charge in [0.2, 0.25) is 15.9 Å². The Morgan fingerprint density at radius 3 is 2.23 bits per heavy atom. The Labute approximate surface area is 190 Å². The van der Waals surface area contributed by atoms with E-state index in [9.17, 15) is 17.6 Å². The lowest BCUT2D eigenvalue weighted by atomic mass is 10.1. The molecule has 0 aromatic heterocycles. The van der Waals surface area contributed by atoms with Crippen LogP contribution in [-0.2, 0) is 21.4 Å². The van der Waals surface area contributed by atoms with Gasteiger partial charge in [-0.3, -0.25) is 4.79 Å². The molecule has 0 fully saturated rings. The summed E-state index contributed by atoms with van der Waals surface area (Å²) in [5.41, 5.74) is 1.47. The predicted molar refractivity (Wildman–Crippen MR) is 121 cm³/mol. The van der Waals surface area contributed by atoms with Crippen LogP contribution in [0.15, 0.2) is 88.2 Å². The third-order valence-electron chi connectivity index (χ3n) is 4.72. The largest absolute Gasteiger partial charge is 0.348 e. The lowest BCUT2D eigenvalue weighted by Gasteiger charge is -2.23. The molecule has 1 amide bonds. The molecule has 3 aromatic rings. The molecule has 0 unspecified atom stereocenters. The zero-order valence-electron chi connectivity index (χ0n) is 16.8. The van der Waals surface area contributed by atoms with E-state index in [0.717, 1.165) is 14.3 Å². The third-order valence-corrected chi connectivity index (χ3v) is 7.06. The first kappa shape index (κ1) is 23.1. The standard InChI is InChI=1S/C23H22BrFN2O3S/c1-17(19-9-11-20(24)12-10-19)26-23(28)16-27(15-18-7-13-21(25)14-8-18)31(29,30)22-5-3-2-4-6-22/h2-14,17H,15-16H2,1H3,(H,26,28)/t17-/m1/s1. The smallest absolute Gasteiger partial charge is 0.243 e. The predicted octanol–water partition coefficient (Wildman–Crippen LogP) is 4.66. The maximum absolute atomic E-state index is 13.3. The van der Waals surface area contributed by atoms with E-state index in [1.54, 1.807) is 18.2 Å². The second-order valence-corrected chi connectivity index (χ2v) is 9.91. The summed E-state index contributed by atoms with van der Waals surface area (Å²) in [4.78, 5) is 12.8. The minimum atomic E-state index is -3.94. The summed E-state index contributed by atoms with van der Waals surface area (Å²) >= 11 is 3.37. The summed E-state index contributed by atoms with van der Waals surface area (Å²) in [6, 6.07) is 20.7. The molecule has 0 aliphatic carbocycles. The summed E-state index contributed by atoms with van der Waals surface area (Å²) < 4.78 is 41.7. The monoisotopic (exact) mass is 504 g/mol. The SMILES string of the molecule is C[C@@H](NC(=O)CN(Cc1ccc(F)cc1)S(=O)(=O)c1ccccc1)c1ccc(Br)cc1. The molecule has 1 atom stereocenters. The molecule has 162 valence electrons. The fourth-order valence-electron chi connectivity index (χ4n) is 3.04. The molecule has 0 spiro atoms. The van der Waals surface area contributed by atoms with Crippen LogP contribution in [0.25, 0.3) is 0 Å². The number of hydrogen-bond donors (Lipinski definition) is 1. The van der Waals surface area contributed by atoms with Crippen LogP contribution < -0.4 is 5.32 Å². The van der Waals surface area contributed by atoms with Crippen molar-refractivity contribution < 1.29 is 17.6 Å². The summed E-state index contributed by atoms with van der Waals surface area (Å²) in [5, 5.41) is 2.84. The van der Waals surface area contributed by atoms with Crippen LogP contribution in [0.5, 0.6) is 0 Å². The fourth-order valence-corrected chi connectivity index (χ4v) is 4.71. The van der Waals surface area contributed by atoms with Crippen molar-refractivity contribution >= 4 is 31.9 Å². The number of carbonyl (C=O) groups excluding carboxylic acids is 1. The highest BCUT2D eigenvalue weighted by atomic mass is 79.9. The van der Waals surface area contributed by atoms with Gasteiger partial charge in [-0.05, 0) is 54.4 Å². The van der Waals surface area contributed by atoms with Gasteiger partial charge in [-0.1, -0.05) is 58.4 Å². The number of rotatable bonds is 8. The van der Waals surface area contributed by atoms with Crippen LogP contribution in [0.4, 0.5) is 4.39 Å². The van der Waals surface area contributed by atoms with Crippen molar-refractivity contribution in [2.75, 3.05) is 6.54 Å². The van der Waals surface area contributed by atoms with Gasteiger partial charge in [0.1, 0.15) is 5.82 Å². The number of nitrogens with one attached hydrogen (secondary N) is 1. The normalized spacial score (nSPS) is 12.5. The van der Waals surface area contributed by atoms with Crippen LogP contribution in [0, 0.1) is 5.82 Å². The molecule has 3 rings (SSSR count). The van der Waals surface area contributed by atoms with Crippen molar-refractivity contribution in [3.63, 3.8) is 0 Å². The first-order valence-electron chi connectivity index (χ1n) is 9.60. The van der Waals surface area contributed by atoms with Crippen molar-refractivity contribution in [2.45, 2.75) is 24.4 Å². The van der Waals surface area contributed by atoms with Crippen molar-refractivity contribution in [2.24, 2.45) is 0 Å². The van der Waals surface area contributed by atoms with Gasteiger partial charge in [0.15, 0.2) is 0 Å². The molecular weight excluding hydrogens is 483 g/mol. The summed E-state index contributed by atoms with van der Waals surface area (Å²) in [5.74, 6) is -0.848. The van der Waals surface area contributed by atoms with E-state index in [4.69, 9.17) is 0 Å². The molecule has 3 aromatic carbocycles. The number of benzene rings is 3. The lowest BCUT2D eigenvalue weighted by Crippen LogP contribution is -2.41. The Morgan fingerprint density at radius 1 is 1.00 bits per heavy atom. The number of amides is 1. The summed E-state index contributed by atoms with van der Waals surface area (Å²) in [6.07, 6.45) is 0. The van der Waals surface area contributed by atoms with Gasteiger partial charge in [-0.15, -0.1) is 0 Å². The average Bonchev–Trinajstić information content (AvgIpc) is 2.75. The highest BCUT2D eigenvalue weighted by molar-refractivity contribution is 9.10. The van der Waals surface area contributed by atoms with E-state index in [0.29, 0.717) is 5.56 Å². The Balaban J connectivity index is 1.81. The number of hydrogen-bond acceptors (Lipinski definition) is 3. The van der Waals surface area contributed by atoms with E-state index in [1.165, 1.54) is 36.4 Å². The number of carbonyl (C=O) groups is 1. The topological polar surface area (TPSA) is 66.5 Å². The van der Waals surface area contributed by atoms with E-state index >= 15 is 0 Å². The number of halogens is 2. The van der Waals surface area contributed by atoms with Crippen molar-refractivity contribution in [3.05, 3.63) is 100 Å². The maximum Gasteiger partial charge on any atom is 0.243 e. The van der Waals surface area contributed by atoms with Gasteiger partial charge >= 0.3 is 0 Å². The van der Waals surface area contributed by atoms with Crippen LogP contribution in [-0.4, -0.2) is 25.2 Å². The molecule has 0 saturated carbocycles. The van der Waals surface area contributed by atoms with Gasteiger partial charge in [0.05, 0.1) is 17.5 Å². The minimum absolute atomic E-state index is 0.0579. The molecule has 8 heteroatoms. The Hall–Kier alpha value is -2.55. The molecule has 0 aliphatic heterocycles. The van der Waals surface area contributed by atoms with E-state index in [2.05, 4.69) is 21.2 Å². The number of nitrogens with zero attached hydrogens (tertiary/aromatic N) is 1. The summed E-state index contributed by atoms with van der Waals surface area (Å²) in [6.45, 7) is 1.41. The van der Waals surface area contributed by atoms with Crippen molar-refractivity contribution in [1.29, 1.82) is 0 Å². The van der Waals surface area contributed by atoms with Crippen molar-refractivity contribution in [3.8, 4) is 0 Å². The highest BCUT2D eigenvalue weighted by Gasteiger charge is 2.27. The molecule has 1 N–H and O–H groups in total. The third kappa shape index (κ3) is 6.22. The highest BCUT2D eigenvalue weighted by Crippen LogP contribution is 2.20. The molecule has 0 bridgehead atoms. The van der Waals surface area contributed by atoms with Gasteiger partial charge in [-0.2, -0.15) is 4.31 Å². The molecule has 0 heterocycles. The van der Waals surface area contributed by atoms with Gasteiger partial charge < -0.3 is 5.32 Å². The lowest BCUT2D eigenvalue weighted by molar-refractivity contribution is -0.122. The van der Waals surface area contributed by atoms with Crippen LogP contribution in [0.2, 0.25) is 0 Å². The summed E-state index contributed by atoms with van der Waals surface area (Å²) in [7, 11) is -3.94. The van der Waals surface area contributed by atoms with E-state index in [1.807, 2.05) is 31.2 Å². The first-order valence-corrected chi connectivity index (χ1v) is 11.8. The van der Waals surface area contributed by atoms with Crippen LogP contribution in [0.1, 0.15) is 24.1 Å². The zero-order chi connectivity index (χ0) is 22.4. The Morgan fingerprint density at radius 2 is 1.61 bits per heavy atom. The zero-order valence-corrected chi connectivity index (χ0v) is 19.2. The molecule has 31 heavy (non-hydrogen) atoms. The first-order chi connectivity index (χ1) is 14.8. The quantitative estimate of drug-likeness (QED) is 0.485. The molecule has 0 saturated heterocycles. The molecule has 0 aliphatic rings. The second-order valence-electron chi connectivity index (χ2n) is 7.05. The van der Waals surface area contributed by atoms with Crippen LogP contribution in [0.3, 0.4) is 0 Å². The molecule has 0 radical (unpaired) electrons. The minimum Gasteiger partial charge on any atom is -0.348 e. The molecule has 5 nitrogen and oxygen atoms in total. The van der Waals surface area contributed by atoms with Gasteiger partial charge in [-0.25, -0.2) is 12.8 Å². The van der Waals surface area contributed by atoms with Crippen LogP contribution >= 0.6 is 15.9 Å². The van der Waals surface area contributed by atoms with Crippen molar-refractivity contribution in [1.82, 2.24) is 9.62 Å². The molecular formula is C23H22BrFN2O3S. The van der Waals surface area contributed by atoms with Gasteiger partial charge in [0, 0.05) is 11.0 Å². The second kappa shape index (κ2) is 10.2. The van der Waals surface area contributed by atoms with E-state index in [-0.39, 0.29) is 24.0 Å². The number of sulfonamides is 1. The Bertz CT molecular complexity index is 1120. The fraction of sp³-hybridized carbons (Fsp3) is 0.174. The maximum atomic E-state index is 13.3. The Kier molecular flexibility index (Phi) is 7.59. The van der Waals surface area contributed by atoms with Gasteiger partial charge in [0.25, 0.3) is 0 Å².